The van der Waals surface area contributed by atoms with E-state index in [1.807, 2.05) is 13.8 Å². The van der Waals surface area contributed by atoms with Gasteiger partial charge in [0.25, 0.3) is 5.91 Å². The van der Waals surface area contributed by atoms with Crippen LogP contribution in [0.2, 0.25) is 5.02 Å². The van der Waals surface area contributed by atoms with Crippen molar-refractivity contribution in [1.82, 2.24) is 10.6 Å². The number of nitrogens with one attached hydrogen (secondary N) is 3. The summed E-state index contributed by atoms with van der Waals surface area (Å²) < 4.78 is 10.2. The van der Waals surface area contributed by atoms with Gasteiger partial charge < -0.3 is 25.4 Å². The molecule has 3 amide bonds. The number of rotatable bonds is 8. The monoisotopic (exact) mass is 433 g/mol. The third-order valence-corrected chi connectivity index (χ3v) is 4.07. The molecule has 8 nitrogen and oxygen atoms in total. The highest BCUT2D eigenvalue weighted by molar-refractivity contribution is 6.31. The van der Waals surface area contributed by atoms with Crippen molar-refractivity contribution in [2.75, 3.05) is 19.0 Å². The van der Waals surface area contributed by atoms with Crippen LogP contribution in [0.15, 0.2) is 42.5 Å². The Morgan fingerprint density at radius 3 is 2.40 bits per heavy atom. The molecular formula is C21H24ClN3O5. The van der Waals surface area contributed by atoms with Gasteiger partial charge in [-0.25, -0.2) is 9.59 Å². The fourth-order valence-corrected chi connectivity index (χ4v) is 2.60. The molecule has 0 aliphatic rings. The largest absolute Gasteiger partial charge is 0.495 e. The number of benzene rings is 2. The molecule has 0 saturated heterocycles. The number of halogens is 1. The van der Waals surface area contributed by atoms with Crippen LogP contribution in [-0.4, -0.2) is 37.7 Å². The lowest BCUT2D eigenvalue weighted by Gasteiger charge is -2.11. The molecule has 0 aliphatic heterocycles. The number of amides is 3. The Morgan fingerprint density at radius 2 is 1.77 bits per heavy atom. The standard InChI is InChI=1S/C21H24ClN3O5/c1-13(2)24-21(28)23-11-14-4-6-15(7-5-14)20(27)30-12-19(26)25-17-10-16(22)8-9-18(17)29-3/h4-10,13H,11-12H2,1-3H3,(H,25,26)(H2,23,24,28). The number of urea groups is 1. The smallest absolute Gasteiger partial charge is 0.338 e. The van der Waals surface area contributed by atoms with Gasteiger partial charge in [-0.2, -0.15) is 0 Å². The Balaban J connectivity index is 1.84. The molecule has 0 bridgehead atoms. The topological polar surface area (TPSA) is 106 Å². The molecule has 0 heterocycles. The highest BCUT2D eigenvalue weighted by atomic mass is 35.5. The van der Waals surface area contributed by atoms with Crippen LogP contribution >= 0.6 is 11.6 Å². The molecule has 0 spiro atoms. The third kappa shape index (κ3) is 7.29. The van der Waals surface area contributed by atoms with Crippen LogP contribution in [0.4, 0.5) is 10.5 Å². The number of carbonyl (C=O) groups excluding carboxylic acids is 3. The lowest BCUT2D eigenvalue weighted by Crippen LogP contribution is -2.39. The number of methoxy groups -OCH3 is 1. The van der Waals surface area contributed by atoms with Gasteiger partial charge in [0.15, 0.2) is 6.61 Å². The Bertz CT molecular complexity index is 900. The second kappa shape index (κ2) is 11.1. The van der Waals surface area contributed by atoms with Crippen LogP contribution in [0.25, 0.3) is 0 Å². The Labute approximate surface area is 179 Å². The van der Waals surface area contributed by atoms with E-state index in [4.69, 9.17) is 21.1 Å². The SMILES string of the molecule is COc1ccc(Cl)cc1NC(=O)COC(=O)c1ccc(CNC(=O)NC(C)C)cc1. The summed E-state index contributed by atoms with van der Waals surface area (Å²) in [5.74, 6) is -0.730. The Hall–Kier alpha value is -3.26. The molecule has 2 aromatic rings. The number of hydrogen-bond donors (Lipinski definition) is 3. The number of hydrogen-bond acceptors (Lipinski definition) is 5. The summed E-state index contributed by atoms with van der Waals surface area (Å²) in [6, 6.07) is 11.1. The van der Waals surface area contributed by atoms with Crippen molar-refractivity contribution < 1.29 is 23.9 Å². The first-order chi connectivity index (χ1) is 14.3. The third-order valence-electron chi connectivity index (χ3n) is 3.83. The summed E-state index contributed by atoms with van der Waals surface area (Å²) in [6.07, 6.45) is 0. The summed E-state index contributed by atoms with van der Waals surface area (Å²) >= 11 is 5.92. The van der Waals surface area contributed by atoms with Crippen molar-refractivity contribution in [2.45, 2.75) is 26.4 Å². The molecule has 0 saturated carbocycles. The minimum Gasteiger partial charge on any atom is -0.495 e. The van der Waals surface area contributed by atoms with Crippen molar-refractivity contribution in [2.24, 2.45) is 0 Å². The zero-order chi connectivity index (χ0) is 22.1. The first-order valence-electron chi connectivity index (χ1n) is 9.22. The minimum absolute atomic E-state index is 0.0410. The fraction of sp³-hybridized carbons (Fsp3) is 0.286. The maximum atomic E-state index is 12.1. The number of ether oxygens (including phenoxy) is 2. The second-order valence-corrected chi connectivity index (χ2v) is 7.08. The normalized spacial score (nSPS) is 10.3. The van der Waals surface area contributed by atoms with Gasteiger partial charge in [0, 0.05) is 17.6 Å². The molecule has 0 aliphatic carbocycles. The minimum atomic E-state index is -0.639. The molecule has 3 N–H and O–H groups in total. The van der Waals surface area contributed by atoms with Crippen molar-refractivity contribution in [1.29, 1.82) is 0 Å². The number of carbonyl (C=O) groups is 3. The van der Waals surface area contributed by atoms with Gasteiger partial charge in [-0.05, 0) is 49.7 Å². The van der Waals surface area contributed by atoms with E-state index in [0.717, 1.165) is 5.56 Å². The van der Waals surface area contributed by atoms with Crippen LogP contribution in [0.5, 0.6) is 5.75 Å². The predicted molar refractivity (Wildman–Crippen MR) is 114 cm³/mol. The maximum absolute atomic E-state index is 12.1. The summed E-state index contributed by atoms with van der Waals surface area (Å²) in [7, 11) is 1.47. The highest BCUT2D eigenvalue weighted by Gasteiger charge is 2.13. The summed E-state index contributed by atoms with van der Waals surface area (Å²) in [6.45, 7) is 3.59. The van der Waals surface area contributed by atoms with Crippen LogP contribution < -0.4 is 20.7 Å². The van der Waals surface area contributed by atoms with Gasteiger partial charge in [-0.1, -0.05) is 23.7 Å². The van der Waals surface area contributed by atoms with Crippen molar-refractivity contribution in [3.05, 3.63) is 58.6 Å². The van der Waals surface area contributed by atoms with Gasteiger partial charge >= 0.3 is 12.0 Å². The predicted octanol–water partition coefficient (Wildman–Crippen LogP) is 3.35. The van der Waals surface area contributed by atoms with Gasteiger partial charge in [0.1, 0.15) is 5.75 Å². The van der Waals surface area contributed by atoms with Gasteiger partial charge in [0.05, 0.1) is 18.4 Å². The van der Waals surface area contributed by atoms with Crippen LogP contribution in [-0.2, 0) is 16.1 Å². The number of anilines is 1. The number of esters is 1. The average molecular weight is 434 g/mol. The maximum Gasteiger partial charge on any atom is 0.338 e. The zero-order valence-corrected chi connectivity index (χ0v) is 17.7. The average Bonchev–Trinajstić information content (AvgIpc) is 2.70. The fourth-order valence-electron chi connectivity index (χ4n) is 2.43. The lowest BCUT2D eigenvalue weighted by molar-refractivity contribution is -0.119. The van der Waals surface area contributed by atoms with Crippen LogP contribution in [0.3, 0.4) is 0 Å². The first-order valence-corrected chi connectivity index (χ1v) is 9.60. The lowest BCUT2D eigenvalue weighted by atomic mass is 10.1. The van der Waals surface area contributed by atoms with E-state index in [1.54, 1.807) is 36.4 Å². The van der Waals surface area contributed by atoms with Crippen LogP contribution in [0.1, 0.15) is 29.8 Å². The molecule has 2 aromatic carbocycles. The summed E-state index contributed by atoms with van der Waals surface area (Å²) in [5, 5.41) is 8.45. The summed E-state index contributed by atoms with van der Waals surface area (Å²) in [4.78, 5) is 35.8. The van der Waals surface area contributed by atoms with Crippen molar-refractivity contribution in [3.8, 4) is 5.75 Å². The molecular weight excluding hydrogens is 410 g/mol. The van der Waals surface area contributed by atoms with Crippen molar-refractivity contribution in [3.63, 3.8) is 0 Å². The molecule has 0 fully saturated rings. The molecule has 0 aromatic heterocycles. The van der Waals surface area contributed by atoms with E-state index >= 15 is 0 Å². The first kappa shape index (κ1) is 23.0. The highest BCUT2D eigenvalue weighted by Crippen LogP contribution is 2.27. The van der Waals surface area contributed by atoms with Gasteiger partial charge in [-0.3, -0.25) is 4.79 Å². The van der Waals surface area contributed by atoms with E-state index in [0.29, 0.717) is 28.6 Å². The molecule has 0 radical (unpaired) electrons. The van der Waals surface area contributed by atoms with Gasteiger partial charge in [-0.15, -0.1) is 0 Å². The van der Waals surface area contributed by atoms with E-state index in [-0.39, 0.29) is 12.1 Å². The zero-order valence-electron chi connectivity index (χ0n) is 17.0. The van der Waals surface area contributed by atoms with Crippen LogP contribution in [0, 0.1) is 0 Å². The van der Waals surface area contributed by atoms with Gasteiger partial charge in [0.2, 0.25) is 0 Å². The summed E-state index contributed by atoms with van der Waals surface area (Å²) in [5.41, 5.74) is 1.49. The quantitative estimate of drug-likeness (QED) is 0.553. The van der Waals surface area contributed by atoms with Crippen molar-refractivity contribution >= 4 is 35.2 Å². The molecule has 30 heavy (non-hydrogen) atoms. The molecule has 160 valence electrons. The molecule has 0 unspecified atom stereocenters. The van der Waals surface area contributed by atoms with E-state index in [1.165, 1.54) is 13.2 Å². The van der Waals surface area contributed by atoms with E-state index < -0.39 is 18.5 Å². The molecule has 9 heteroatoms. The Kier molecular flexibility index (Phi) is 8.49. The van der Waals surface area contributed by atoms with E-state index in [2.05, 4.69) is 16.0 Å². The second-order valence-electron chi connectivity index (χ2n) is 6.65. The molecule has 2 rings (SSSR count). The van der Waals surface area contributed by atoms with E-state index in [9.17, 15) is 14.4 Å². The Morgan fingerprint density at radius 1 is 1.07 bits per heavy atom. The molecule has 0 atom stereocenters.